The van der Waals surface area contributed by atoms with Gasteiger partial charge < -0.3 is 21.1 Å². The average molecular weight is 370 g/mol. The van der Waals surface area contributed by atoms with Crippen molar-refractivity contribution in [3.8, 4) is 5.75 Å². The van der Waals surface area contributed by atoms with Crippen LogP contribution in [0, 0.1) is 5.92 Å². The van der Waals surface area contributed by atoms with Gasteiger partial charge in [-0.2, -0.15) is 0 Å². The number of benzene rings is 1. The number of hydrogen-bond acceptors (Lipinski definition) is 4. The molecule has 25 heavy (non-hydrogen) atoms. The predicted molar refractivity (Wildman–Crippen MR) is 100 cm³/mol. The maximum atomic E-state index is 12.2. The fourth-order valence-corrected chi connectivity index (χ4v) is 2.49. The molecule has 2 rings (SSSR count). The van der Waals surface area contributed by atoms with Crippen LogP contribution in [-0.4, -0.2) is 37.6 Å². The second-order valence-corrected chi connectivity index (χ2v) is 6.09. The number of rotatable bonds is 10. The zero-order valence-corrected chi connectivity index (χ0v) is 15.4. The van der Waals surface area contributed by atoms with E-state index in [9.17, 15) is 9.59 Å². The summed E-state index contributed by atoms with van der Waals surface area (Å²) in [5.74, 6) is 0.949. The van der Waals surface area contributed by atoms with E-state index in [1.54, 1.807) is 18.2 Å². The standard InChI is InChI=1S/C18H27N3O3.ClH/c1-2-24-16-7-4-3-6-14(16)18(23)20-11-5-8-17(22)21-12-15(19)13-9-10-13;/h3-4,6-7,13,15H,2,5,8-12,19H2,1H3,(H,20,23)(H,21,22);1H. The van der Waals surface area contributed by atoms with Gasteiger partial charge in [0.2, 0.25) is 5.91 Å². The molecule has 1 unspecified atom stereocenters. The Bertz CT molecular complexity index is 564. The van der Waals surface area contributed by atoms with Crippen LogP contribution in [-0.2, 0) is 4.79 Å². The molecule has 0 heterocycles. The number of carbonyl (C=O) groups excluding carboxylic acids is 2. The smallest absolute Gasteiger partial charge is 0.255 e. The minimum atomic E-state index is -0.185. The van der Waals surface area contributed by atoms with Crippen LogP contribution < -0.4 is 21.1 Å². The average Bonchev–Trinajstić information content (AvgIpc) is 3.42. The Morgan fingerprint density at radius 2 is 2.00 bits per heavy atom. The van der Waals surface area contributed by atoms with Crippen LogP contribution in [0.1, 0.15) is 43.0 Å². The molecular formula is C18H28ClN3O3. The van der Waals surface area contributed by atoms with E-state index in [0.717, 1.165) is 0 Å². The van der Waals surface area contributed by atoms with Crippen LogP contribution in [0.15, 0.2) is 24.3 Å². The Morgan fingerprint density at radius 3 is 2.68 bits per heavy atom. The van der Waals surface area contributed by atoms with E-state index in [4.69, 9.17) is 10.5 Å². The first-order valence-electron chi connectivity index (χ1n) is 8.64. The number of halogens is 1. The van der Waals surface area contributed by atoms with Crippen molar-refractivity contribution in [1.82, 2.24) is 10.6 Å². The van der Waals surface area contributed by atoms with Crippen LogP contribution in [0.3, 0.4) is 0 Å². The van der Waals surface area contributed by atoms with E-state index in [-0.39, 0.29) is 30.3 Å². The summed E-state index contributed by atoms with van der Waals surface area (Å²) in [7, 11) is 0. The third kappa shape index (κ3) is 7.32. The Labute approximate surface area is 155 Å². The van der Waals surface area contributed by atoms with Crippen molar-refractivity contribution in [2.75, 3.05) is 19.7 Å². The lowest BCUT2D eigenvalue weighted by atomic mass is 10.2. The van der Waals surface area contributed by atoms with Gasteiger partial charge >= 0.3 is 0 Å². The van der Waals surface area contributed by atoms with Crippen LogP contribution in [0.25, 0.3) is 0 Å². The zero-order valence-electron chi connectivity index (χ0n) is 14.6. The van der Waals surface area contributed by atoms with Gasteiger partial charge in [0.25, 0.3) is 5.91 Å². The summed E-state index contributed by atoms with van der Waals surface area (Å²) in [6.07, 6.45) is 3.32. The van der Waals surface area contributed by atoms with Crippen LogP contribution in [0.5, 0.6) is 5.75 Å². The largest absolute Gasteiger partial charge is 0.493 e. The minimum Gasteiger partial charge on any atom is -0.493 e. The lowest BCUT2D eigenvalue weighted by Crippen LogP contribution is -2.38. The van der Waals surface area contributed by atoms with Gasteiger partial charge in [0.05, 0.1) is 12.2 Å². The summed E-state index contributed by atoms with van der Waals surface area (Å²) >= 11 is 0. The van der Waals surface area contributed by atoms with Gasteiger partial charge in [-0.1, -0.05) is 12.1 Å². The highest BCUT2D eigenvalue weighted by Gasteiger charge is 2.28. The van der Waals surface area contributed by atoms with Crippen LogP contribution in [0.2, 0.25) is 0 Å². The van der Waals surface area contributed by atoms with Gasteiger partial charge in [0, 0.05) is 25.6 Å². The molecule has 1 aromatic carbocycles. The van der Waals surface area contributed by atoms with Crippen LogP contribution in [0.4, 0.5) is 0 Å². The molecule has 1 atom stereocenters. The van der Waals surface area contributed by atoms with Crippen molar-refractivity contribution in [1.29, 1.82) is 0 Å². The first kappa shape index (κ1) is 21.3. The maximum absolute atomic E-state index is 12.2. The van der Waals surface area contributed by atoms with Crippen molar-refractivity contribution in [2.45, 2.75) is 38.6 Å². The molecule has 0 bridgehead atoms. The summed E-state index contributed by atoms with van der Waals surface area (Å²) < 4.78 is 5.44. The number of nitrogens with two attached hydrogens (primary N) is 1. The van der Waals surface area contributed by atoms with Crippen molar-refractivity contribution in [3.63, 3.8) is 0 Å². The Balaban J connectivity index is 0.00000312. The quantitative estimate of drug-likeness (QED) is 0.549. The molecule has 4 N–H and O–H groups in total. The molecule has 1 fully saturated rings. The minimum absolute atomic E-state index is 0. The molecule has 0 spiro atoms. The Kier molecular flexibility index (Phi) is 9.31. The molecule has 0 aromatic heterocycles. The predicted octanol–water partition coefficient (Wildman–Crippen LogP) is 1.87. The molecule has 140 valence electrons. The van der Waals surface area contributed by atoms with E-state index >= 15 is 0 Å². The molecule has 0 radical (unpaired) electrons. The summed E-state index contributed by atoms with van der Waals surface area (Å²) in [5, 5.41) is 5.68. The maximum Gasteiger partial charge on any atom is 0.255 e. The van der Waals surface area contributed by atoms with Crippen molar-refractivity contribution in [2.24, 2.45) is 11.7 Å². The lowest BCUT2D eigenvalue weighted by molar-refractivity contribution is -0.121. The summed E-state index contributed by atoms with van der Waals surface area (Å²) in [6, 6.07) is 7.21. The molecule has 1 aliphatic rings. The van der Waals surface area contributed by atoms with Gasteiger partial charge in [0.1, 0.15) is 5.75 Å². The Hall–Kier alpha value is -1.79. The molecule has 6 nitrogen and oxygen atoms in total. The monoisotopic (exact) mass is 369 g/mol. The fraction of sp³-hybridized carbons (Fsp3) is 0.556. The second kappa shape index (κ2) is 10.9. The van der Waals surface area contributed by atoms with Gasteiger partial charge in [-0.3, -0.25) is 9.59 Å². The fourth-order valence-electron chi connectivity index (χ4n) is 2.49. The third-order valence-electron chi connectivity index (χ3n) is 4.06. The van der Waals surface area contributed by atoms with E-state index in [1.807, 2.05) is 13.0 Å². The van der Waals surface area contributed by atoms with Gasteiger partial charge in [-0.15, -0.1) is 12.4 Å². The first-order valence-corrected chi connectivity index (χ1v) is 8.64. The highest BCUT2D eigenvalue weighted by atomic mass is 35.5. The lowest BCUT2D eigenvalue weighted by Gasteiger charge is -2.12. The summed E-state index contributed by atoms with van der Waals surface area (Å²) in [6.45, 7) is 3.37. The number of nitrogens with one attached hydrogen (secondary N) is 2. The number of ether oxygens (including phenoxy) is 1. The summed E-state index contributed by atoms with van der Waals surface area (Å²) in [4.78, 5) is 23.9. The van der Waals surface area contributed by atoms with Gasteiger partial charge in [0.15, 0.2) is 0 Å². The van der Waals surface area contributed by atoms with Crippen molar-refractivity contribution >= 4 is 24.2 Å². The first-order chi connectivity index (χ1) is 11.6. The molecule has 1 aromatic rings. The van der Waals surface area contributed by atoms with Gasteiger partial charge in [-0.05, 0) is 44.2 Å². The van der Waals surface area contributed by atoms with Crippen molar-refractivity contribution in [3.05, 3.63) is 29.8 Å². The molecule has 7 heteroatoms. The Morgan fingerprint density at radius 1 is 1.28 bits per heavy atom. The van der Waals surface area contributed by atoms with Crippen LogP contribution >= 0.6 is 12.4 Å². The van der Waals surface area contributed by atoms with E-state index in [1.165, 1.54) is 12.8 Å². The topological polar surface area (TPSA) is 93.4 Å². The van der Waals surface area contributed by atoms with Gasteiger partial charge in [-0.25, -0.2) is 0 Å². The van der Waals surface area contributed by atoms with E-state index in [2.05, 4.69) is 10.6 Å². The van der Waals surface area contributed by atoms with Crippen molar-refractivity contribution < 1.29 is 14.3 Å². The molecule has 0 saturated heterocycles. The number of carbonyl (C=O) groups is 2. The molecule has 1 aliphatic carbocycles. The highest BCUT2D eigenvalue weighted by molar-refractivity contribution is 5.96. The van der Waals surface area contributed by atoms with E-state index in [0.29, 0.717) is 49.8 Å². The normalized spacial score (nSPS) is 14.2. The second-order valence-electron chi connectivity index (χ2n) is 6.09. The molecule has 0 aliphatic heterocycles. The molecule has 2 amide bonds. The summed E-state index contributed by atoms with van der Waals surface area (Å²) in [5.41, 5.74) is 6.45. The molecular weight excluding hydrogens is 342 g/mol. The highest BCUT2D eigenvalue weighted by Crippen LogP contribution is 2.31. The number of para-hydroxylation sites is 1. The van der Waals surface area contributed by atoms with E-state index < -0.39 is 0 Å². The third-order valence-corrected chi connectivity index (χ3v) is 4.06. The molecule has 1 saturated carbocycles. The number of amides is 2. The zero-order chi connectivity index (χ0) is 17.4. The SMILES string of the molecule is CCOc1ccccc1C(=O)NCCCC(=O)NCC(N)C1CC1.Cl. The number of hydrogen-bond donors (Lipinski definition) is 3.